The van der Waals surface area contributed by atoms with Crippen molar-refractivity contribution in [1.29, 1.82) is 0 Å². The van der Waals surface area contributed by atoms with Crippen LogP contribution in [0.1, 0.15) is 32.8 Å². The number of benzene rings is 2. The first-order chi connectivity index (χ1) is 12.1. The summed E-state index contributed by atoms with van der Waals surface area (Å²) < 4.78 is 11.2. The van der Waals surface area contributed by atoms with Crippen LogP contribution in [0.5, 0.6) is 11.5 Å². The third kappa shape index (κ3) is 6.87. The standard InChI is InChI=1S/C21H27NO3/c1-4-17-8-10-19(11-9-17)25-15-21(23)22-18-6-5-7-20(14-18)24-13-12-16(2)3/h5-11,14,16H,4,12-13,15H2,1-3H3,(H,22,23). The topological polar surface area (TPSA) is 47.6 Å². The van der Waals surface area contributed by atoms with Gasteiger partial charge in [-0.1, -0.05) is 39.0 Å². The molecule has 0 atom stereocenters. The summed E-state index contributed by atoms with van der Waals surface area (Å²) in [5, 5.41) is 2.83. The Hall–Kier alpha value is -2.49. The van der Waals surface area contributed by atoms with Gasteiger partial charge < -0.3 is 14.8 Å². The second-order valence-corrected chi connectivity index (χ2v) is 6.39. The lowest BCUT2D eigenvalue weighted by Crippen LogP contribution is -2.20. The molecule has 25 heavy (non-hydrogen) atoms. The highest BCUT2D eigenvalue weighted by atomic mass is 16.5. The van der Waals surface area contributed by atoms with Crippen LogP contribution in [0.2, 0.25) is 0 Å². The van der Waals surface area contributed by atoms with E-state index in [2.05, 4.69) is 26.1 Å². The monoisotopic (exact) mass is 341 g/mol. The first-order valence-electron chi connectivity index (χ1n) is 8.81. The molecule has 134 valence electrons. The summed E-state index contributed by atoms with van der Waals surface area (Å²) in [6.45, 7) is 7.07. The van der Waals surface area contributed by atoms with E-state index in [1.54, 1.807) is 0 Å². The van der Waals surface area contributed by atoms with Crippen LogP contribution in [0.25, 0.3) is 0 Å². The van der Waals surface area contributed by atoms with E-state index in [0.717, 1.165) is 18.6 Å². The van der Waals surface area contributed by atoms with Gasteiger partial charge in [-0.05, 0) is 48.6 Å². The van der Waals surface area contributed by atoms with Crippen molar-refractivity contribution in [2.24, 2.45) is 5.92 Å². The summed E-state index contributed by atoms with van der Waals surface area (Å²) in [7, 11) is 0. The Morgan fingerprint density at radius 3 is 2.48 bits per heavy atom. The van der Waals surface area contributed by atoms with Crippen LogP contribution in [0.4, 0.5) is 5.69 Å². The fourth-order valence-electron chi connectivity index (χ4n) is 2.24. The minimum Gasteiger partial charge on any atom is -0.494 e. The average Bonchev–Trinajstić information content (AvgIpc) is 2.60. The lowest BCUT2D eigenvalue weighted by atomic mass is 10.1. The summed E-state index contributed by atoms with van der Waals surface area (Å²) in [4.78, 5) is 12.0. The third-order valence-electron chi connectivity index (χ3n) is 3.78. The third-order valence-corrected chi connectivity index (χ3v) is 3.78. The Morgan fingerprint density at radius 2 is 1.80 bits per heavy atom. The number of anilines is 1. The minimum absolute atomic E-state index is 0.0239. The van der Waals surface area contributed by atoms with Crippen molar-refractivity contribution in [3.05, 3.63) is 54.1 Å². The highest BCUT2D eigenvalue weighted by molar-refractivity contribution is 5.92. The van der Waals surface area contributed by atoms with Crippen LogP contribution in [0.3, 0.4) is 0 Å². The Kier molecular flexibility index (Phi) is 7.33. The van der Waals surface area contributed by atoms with Crippen LogP contribution in [-0.4, -0.2) is 19.1 Å². The van der Waals surface area contributed by atoms with E-state index in [0.29, 0.717) is 24.0 Å². The van der Waals surface area contributed by atoms with Crippen LogP contribution >= 0.6 is 0 Å². The van der Waals surface area contributed by atoms with Gasteiger partial charge in [0.2, 0.25) is 0 Å². The van der Waals surface area contributed by atoms with Gasteiger partial charge in [0.05, 0.1) is 6.61 Å². The van der Waals surface area contributed by atoms with Gasteiger partial charge in [-0.2, -0.15) is 0 Å². The molecule has 0 unspecified atom stereocenters. The van der Waals surface area contributed by atoms with Gasteiger partial charge >= 0.3 is 0 Å². The number of carbonyl (C=O) groups is 1. The number of hydrogen-bond donors (Lipinski definition) is 1. The lowest BCUT2D eigenvalue weighted by Gasteiger charge is -2.11. The Balaban J connectivity index is 1.81. The smallest absolute Gasteiger partial charge is 0.262 e. The number of nitrogens with one attached hydrogen (secondary N) is 1. The van der Waals surface area contributed by atoms with Gasteiger partial charge in [-0.3, -0.25) is 4.79 Å². The molecule has 4 nitrogen and oxygen atoms in total. The SMILES string of the molecule is CCc1ccc(OCC(=O)Nc2cccc(OCCC(C)C)c2)cc1. The molecule has 0 saturated carbocycles. The molecule has 2 aromatic carbocycles. The molecule has 0 bridgehead atoms. The van der Waals surface area contributed by atoms with Gasteiger partial charge in [0, 0.05) is 11.8 Å². The predicted molar refractivity (Wildman–Crippen MR) is 101 cm³/mol. The molecule has 2 rings (SSSR count). The van der Waals surface area contributed by atoms with Crippen LogP contribution in [0, 0.1) is 5.92 Å². The molecule has 0 heterocycles. The molecule has 4 heteroatoms. The maximum atomic E-state index is 12.0. The second kappa shape index (κ2) is 9.72. The Labute approximate surface area is 150 Å². The van der Waals surface area contributed by atoms with E-state index >= 15 is 0 Å². The van der Waals surface area contributed by atoms with Gasteiger partial charge in [0.15, 0.2) is 6.61 Å². The van der Waals surface area contributed by atoms with Gasteiger partial charge in [-0.25, -0.2) is 0 Å². The average molecular weight is 341 g/mol. The van der Waals surface area contributed by atoms with Gasteiger partial charge in [0.25, 0.3) is 5.91 Å². The summed E-state index contributed by atoms with van der Waals surface area (Å²) in [5.41, 5.74) is 1.95. The first kappa shape index (κ1) is 18.8. The van der Waals surface area contributed by atoms with E-state index in [9.17, 15) is 4.79 Å². The van der Waals surface area contributed by atoms with Crippen molar-refractivity contribution in [3.63, 3.8) is 0 Å². The molecule has 1 amide bonds. The van der Waals surface area contributed by atoms with Crippen molar-refractivity contribution in [2.75, 3.05) is 18.5 Å². The fourth-order valence-corrected chi connectivity index (χ4v) is 2.24. The second-order valence-electron chi connectivity index (χ2n) is 6.39. The number of carbonyl (C=O) groups excluding carboxylic acids is 1. The number of ether oxygens (including phenoxy) is 2. The molecule has 0 aliphatic carbocycles. The van der Waals surface area contributed by atoms with Crippen LogP contribution in [-0.2, 0) is 11.2 Å². The van der Waals surface area contributed by atoms with Crippen molar-refractivity contribution < 1.29 is 14.3 Å². The zero-order chi connectivity index (χ0) is 18.1. The van der Waals surface area contributed by atoms with E-state index in [1.807, 2.05) is 48.5 Å². The molecule has 0 aliphatic heterocycles. The Morgan fingerprint density at radius 1 is 1.04 bits per heavy atom. The normalized spacial score (nSPS) is 10.6. The molecule has 0 aromatic heterocycles. The molecule has 0 fully saturated rings. The zero-order valence-electron chi connectivity index (χ0n) is 15.2. The molecule has 0 spiro atoms. The summed E-state index contributed by atoms with van der Waals surface area (Å²) in [6.07, 6.45) is 1.98. The van der Waals surface area contributed by atoms with Crippen LogP contribution in [0.15, 0.2) is 48.5 Å². The van der Waals surface area contributed by atoms with Crippen molar-refractivity contribution in [2.45, 2.75) is 33.6 Å². The van der Waals surface area contributed by atoms with E-state index in [4.69, 9.17) is 9.47 Å². The summed E-state index contributed by atoms with van der Waals surface area (Å²) >= 11 is 0. The highest BCUT2D eigenvalue weighted by Gasteiger charge is 2.05. The minimum atomic E-state index is -0.195. The maximum Gasteiger partial charge on any atom is 0.262 e. The van der Waals surface area contributed by atoms with Crippen molar-refractivity contribution >= 4 is 11.6 Å². The molecular formula is C21H27NO3. The largest absolute Gasteiger partial charge is 0.494 e. The number of aryl methyl sites for hydroxylation is 1. The fraction of sp³-hybridized carbons (Fsp3) is 0.381. The summed E-state index contributed by atoms with van der Waals surface area (Å²) in [5.74, 6) is 1.86. The van der Waals surface area contributed by atoms with E-state index < -0.39 is 0 Å². The van der Waals surface area contributed by atoms with Crippen molar-refractivity contribution in [1.82, 2.24) is 0 Å². The number of hydrogen-bond acceptors (Lipinski definition) is 3. The van der Waals surface area contributed by atoms with Crippen LogP contribution < -0.4 is 14.8 Å². The molecule has 0 radical (unpaired) electrons. The van der Waals surface area contributed by atoms with E-state index in [1.165, 1.54) is 5.56 Å². The molecule has 0 aliphatic rings. The molecular weight excluding hydrogens is 314 g/mol. The zero-order valence-corrected chi connectivity index (χ0v) is 15.2. The molecule has 1 N–H and O–H groups in total. The number of rotatable bonds is 9. The van der Waals surface area contributed by atoms with Crippen molar-refractivity contribution in [3.8, 4) is 11.5 Å². The lowest BCUT2D eigenvalue weighted by molar-refractivity contribution is -0.118. The predicted octanol–water partition coefficient (Wildman–Crippen LogP) is 4.69. The quantitative estimate of drug-likeness (QED) is 0.720. The molecule has 2 aromatic rings. The maximum absolute atomic E-state index is 12.0. The highest BCUT2D eigenvalue weighted by Crippen LogP contribution is 2.18. The van der Waals surface area contributed by atoms with Gasteiger partial charge in [0.1, 0.15) is 11.5 Å². The number of amides is 1. The molecule has 0 saturated heterocycles. The van der Waals surface area contributed by atoms with E-state index in [-0.39, 0.29) is 12.5 Å². The Bertz CT molecular complexity index is 665. The first-order valence-corrected chi connectivity index (χ1v) is 8.81. The summed E-state index contributed by atoms with van der Waals surface area (Å²) in [6, 6.07) is 15.2. The van der Waals surface area contributed by atoms with Gasteiger partial charge in [-0.15, -0.1) is 0 Å².